The zero-order valence-corrected chi connectivity index (χ0v) is 18.5. The molecule has 0 saturated heterocycles. The quantitative estimate of drug-likeness (QED) is 0.359. The summed E-state index contributed by atoms with van der Waals surface area (Å²) in [5.41, 5.74) is 6.68. The molecule has 1 aromatic heterocycles. The van der Waals surface area contributed by atoms with Crippen LogP contribution in [0.3, 0.4) is 0 Å². The normalized spacial score (nSPS) is 12.2. The van der Waals surface area contributed by atoms with Crippen LogP contribution in [0.15, 0.2) is 48.2 Å². The number of nitrogens with one attached hydrogen (secondary N) is 1. The maximum absolute atomic E-state index is 12.9. The summed E-state index contributed by atoms with van der Waals surface area (Å²) in [6.07, 6.45) is 1.43. The molecule has 0 fully saturated rings. The number of ether oxygens (including phenoxy) is 1. The second kappa shape index (κ2) is 10.1. The fourth-order valence-corrected chi connectivity index (χ4v) is 3.37. The summed E-state index contributed by atoms with van der Waals surface area (Å²) in [6, 6.07) is 8.02. The number of allylic oxidation sites excluding steroid dienone is 2. The monoisotopic (exact) mass is 464 g/mol. The second-order valence-corrected chi connectivity index (χ2v) is 7.63. The van der Waals surface area contributed by atoms with Crippen molar-refractivity contribution in [1.29, 1.82) is 0 Å². The van der Waals surface area contributed by atoms with Crippen LogP contribution in [0, 0.1) is 0 Å². The molecule has 3 aromatic rings. The van der Waals surface area contributed by atoms with Crippen molar-refractivity contribution in [2.75, 3.05) is 11.1 Å². The minimum Gasteiger partial charge on any atom is -0.456 e. The minimum absolute atomic E-state index is 0.111. The van der Waals surface area contributed by atoms with Gasteiger partial charge >= 0.3 is 6.18 Å². The summed E-state index contributed by atoms with van der Waals surface area (Å²) in [5.74, 6) is 1.16. The first-order chi connectivity index (χ1) is 15.2. The topological polar surface area (TPSA) is 73.1 Å². The van der Waals surface area contributed by atoms with Crippen LogP contribution >= 0.6 is 11.6 Å². The van der Waals surface area contributed by atoms with Gasteiger partial charge in [-0.05, 0) is 55.7 Å². The van der Waals surface area contributed by atoms with Crippen LogP contribution in [0.1, 0.15) is 45.1 Å². The molecule has 0 bridgehead atoms. The van der Waals surface area contributed by atoms with Crippen LogP contribution in [-0.2, 0) is 6.18 Å². The molecule has 0 aliphatic heterocycles. The Balaban J connectivity index is 1.95. The highest BCUT2D eigenvalue weighted by atomic mass is 35.5. The summed E-state index contributed by atoms with van der Waals surface area (Å²) in [7, 11) is 0. The van der Waals surface area contributed by atoms with E-state index in [1.807, 2.05) is 0 Å². The predicted octanol–water partition coefficient (Wildman–Crippen LogP) is 7.57. The largest absolute Gasteiger partial charge is 0.456 e. The molecule has 3 N–H and O–H groups in total. The first-order valence-corrected chi connectivity index (χ1v) is 10.7. The van der Waals surface area contributed by atoms with Gasteiger partial charge in [-0.15, -0.1) is 0 Å². The SMILES string of the molecule is CC/C=C(\CCCC)Nc1nc(N)nc2ccc(Oc3ccc(C(F)(F)F)cc3Cl)cc12. The lowest BCUT2D eigenvalue weighted by atomic mass is 10.1. The summed E-state index contributed by atoms with van der Waals surface area (Å²) in [6.45, 7) is 4.18. The highest BCUT2D eigenvalue weighted by Gasteiger charge is 2.31. The number of alkyl halides is 3. The van der Waals surface area contributed by atoms with E-state index in [9.17, 15) is 13.2 Å². The standard InChI is InChI=1S/C23H24ClF3N4O/c1-3-5-7-15(6-4-2)29-21-17-13-16(9-10-19(17)30-22(28)31-21)32-20-11-8-14(12-18(20)24)23(25,26)27/h6,8-13H,3-5,7H2,1-2H3,(H3,28,29,30,31)/b15-6+. The Labute approximate surface area is 189 Å². The van der Waals surface area contributed by atoms with E-state index in [2.05, 4.69) is 35.2 Å². The van der Waals surface area contributed by atoms with E-state index in [0.717, 1.165) is 43.5 Å². The van der Waals surface area contributed by atoms with E-state index in [-0.39, 0.29) is 16.7 Å². The lowest BCUT2D eigenvalue weighted by Gasteiger charge is -2.14. The average molecular weight is 465 g/mol. The van der Waals surface area contributed by atoms with E-state index in [4.69, 9.17) is 22.1 Å². The molecule has 170 valence electrons. The smallest absolute Gasteiger partial charge is 0.416 e. The van der Waals surface area contributed by atoms with Crippen molar-refractivity contribution >= 4 is 34.3 Å². The molecule has 0 spiro atoms. The van der Waals surface area contributed by atoms with Gasteiger partial charge in [-0.1, -0.05) is 37.9 Å². The number of hydrogen-bond acceptors (Lipinski definition) is 5. The Kier molecular flexibility index (Phi) is 7.45. The van der Waals surface area contributed by atoms with Crippen LogP contribution < -0.4 is 15.8 Å². The maximum Gasteiger partial charge on any atom is 0.416 e. The number of rotatable bonds is 8. The fraction of sp³-hybridized carbons (Fsp3) is 0.304. The number of fused-ring (bicyclic) bond motifs is 1. The predicted molar refractivity (Wildman–Crippen MR) is 122 cm³/mol. The highest BCUT2D eigenvalue weighted by Crippen LogP contribution is 2.37. The van der Waals surface area contributed by atoms with Gasteiger partial charge in [-0.25, -0.2) is 4.98 Å². The Morgan fingerprint density at radius 3 is 2.59 bits per heavy atom. The summed E-state index contributed by atoms with van der Waals surface area (Å²) in [5, 5.41) is 3.87. The molecule has 5 nitrogen and oxygen atoms in total. The van der Waals surface area contributed by atoms with Crippen LogP contribution in [0.2, 0.25) is 5.02 Å². The fourth-order valence-electron chi connectivity index (χ4n) is 3.15. The number of hydrogen-bond donors (Lipinski definition) is 2. The van der Waals surface area contributed by atoms with E-state index >= 15 is 0 Å². The first kappa shape index (κ1) is 23.7. The molecule has 32 heavy (non-hydrogen) atoms. The molecule has 1 heterocycles. The van der Waals surface area contributed by atoms with Gasteiger partial charge < -0.3 is 15.8 Å². The number of halogens is 4. The molecule has 0 atom stereocenters. The maximum atomic E-state index is 12.9. The third kappa shape index (κ3) is 5.82. The minimum atomic E-state index is -4.48. The molecule has 0 unspecified atom stereocenters. The third-order valence-electron chi connectivity index (χ3n) is 4.70. The van der Waals surface area contributed by atoms with Crippen LogP contribution in [0.4, 0.5) is 24.9 Å². The van der Waals surface area contributed by atoms with Crippen molar-refractivity contribution in [2.45, 2.75) is 45.7 Å². The number of anilines is 2. The van der Waals surface area contributed by atoms with Gasteiger partial charge in [0, 0.05) is 11.1 Å². The molecule has 2 aromatic carbocycles. The number of nitrogens with two attached hydrogens (primary N) is 1. The van der Waals surface area contributed by atoms with Gasteiger partial charge in [0.25, 0.3) is 0 Å². The number of unbranched alkanes of at least 4 members (excludes halogenated alkanes) is 1. The van der Waals surface area contributed by atoms with Gasteiger partial charge in [-0.3, -0.25) is 0 Å². The third-order valence-corrected chi connectivity index (χ3v) is 5.00. The Bertz CT molecular complexity index is 1130. The molecular formula is C23H24ClF3N4O. The lowest BCUT2D eigenvalue weighted by molar-refractivity contribution is -0.137. The molecular weight excluding hydrogens is 441 g/mol. The summed E-state index contributed by atoms with van der Waals surface area (Å²) < 4.78 is 44.4. The molecule has 0 amide bonds. The van der Waals surface area contributed by atoms with Crippen molar-refractivity contribution in [2.24, 2.45) is 0 Å². The Morgan fingerprint density at radius 1 is 1.16 bits per heavy atom. The van der Waals surface area contributed by atoms with Crippen LogP contribution in [0.5, 0.6) is 11.5 Å². The number of aromatic nitrogens is 2. The second-order valence-electron chi connectivity index (χ2n) is 7.22. The van der Waals surface area contributed by atoms with Crippen molar-refractivity contribution < 1.29 is 17.9 Å². The van der Waals surface area contributed by atoms with E-state index in [0.29, 0.717) is 22.5 Å². The Morgan fingerprint density at radius 2 is 1.94 bits per heavy atom. The molecule has 9 heteroatoms. The number of nitrogens with zero attached hydrogens (tertiary/aromatic N) is 2. The number of benzene rings is 2. The van der Waals surface area contributed by atoms with Gasteiger partial charge in [0.1, 0.15) is 17.3 Å². The summed E-state index contributed by atoms with van der Waals surface area (Å²) >= 11 is 6.02. The number of nitrogen functional groups attached to an aromatic ring is 1. The van der Waals surface area contributed by atoms with Crippen molar-refractivity contribution in [3.05, 3.63) is 58.8 Å². The zero-order valence-electron chi connectivity index (χ0n) is 17.8. The van der Waals surface area contributed by atoms with Gasteiger partial charge in [0.2, 0.25) is 5.95 Å². The molecule has 0 saturated carbocycles. The Hall–Kier alpha value is -3.00. The van der Waals surface area contributed by atoms with Crippen molar-refractivity contribution in [3.63, 3.8) is 0 Å². The summed E-state index contributed by atoms with van der Waals surface area (Å²) in [4.78, 5) is 8.60. The van der Waals surface area contributed by atoms with E-state index < -0.39 is 11.7 Å². The van der Waals surface area contributed by atoms with Gasteiger partial charge in [0.05, 0.1) is 16.1 Å². The highest BCUT2D eigenvalue weighted by molar-refractivity contribution is 6.32. The van der Waals surface area contributed by atoms with Crippen molar-refractivity contribution in [1.82, 2.24) is 9.97 Å². The van der Waals surface area contributed by atoms with Gasteiger partial charge in [0.15, 0.2) is 0 Å². The average Bonchev–Trinajstić information content (AvgIpc) is 2.73. The molecule has 0 aliphatic rings. The van der Waals surface area contributed by atoms with Crippen molar-refractivity contribution in [3.8, 4) is 11.5 Å². The molecule has 0 radical (unpaired) electrons. The van der Waals surface area contributed by atoms with Crippen LogP contribution in [-0.4, -0.2) is 9.97 Å². The van der Waals surface area contributed by atoms with E-state index in [1.54, 1.807) is 18.2 Å². The lowest BCUT2D eigenvalue weighted by Crippen LogP contribution is -2.06. The van der Waals surface area contributed by atoms with Gasteiger partial charge in [-0.2, -0.15) is 18.2 Å². The molecule has 0 aliphatic carbocycles. The van der Waals surface area contributed by atoms with Crippen LogP contribution in [0.25, 0.3) is 10.9 Å². The molecule has 3 rings (SSSR count). The first-order valence-electron chi connectivity index (χ1n) is 10.3. The zero-order chi connectivity index (χ0) is 23.3. The van der Waals surface area contributed by atoms with E-state index in [1.165, 1.54) is 6.07 Å².